The molecule has 0 saturated heterocycles. The number of benzene rings is 2. The van der Waals surface area contributed by atoms with Gasteiger partial charge in [0.1, 0.15) is 5.75 Å². The number of ether oxygens (including phenoxy) is 2. The van der Waals surface area contributed by atoms with Crippen molar-refractivity contribution in [2.24, 2.45) is 0 Å². The SMILES string of the molecule is COC(=O)CCc1ccc(OC2CCCC2)c(-c2ccc3cn[nH]c3c2)c1. The van der Waals surface area contributed by atoms with Gasteiger partial charge in [0.15, 0.2) is 0 Å². The molecule has 3 aromatic rings. The van der Waals surface area contributed by atoms with E-state index in [1.54, 1.807) is 0 Å². The third-order valence-electron chi connectivity index (χ3n) is 5.24. The molecule has 1 N–H and O–H groups in total. The number of aryl methyl sites for hydroxylation is 1. The second-order valence-electron chi connectivity index (χ2n) is 7.10. The second kappa shape index (κ2) is 7.82. The monoisotopic (exact) mass is 364 g/mol. The van der Waals surface area contributed by atoms with Gasteiger partial charge in [-0.1, -0.05) is 18.2 Å². The Morgan fingerprint density at radius 2 is 2.04 bits per heavy atom. The third kappa shape index (κ3) is 3.97. The zero-order valence-electron chi connectivity index (χ0n) is 15.5. The average Bonchev–Trinajstić information content (AvgIpc) is 3.37. The van der Waals surface area contributed by atoms with Crippen LogP contribution in [-0.2, 0) is 16.0 Å². The first-order valence-electron chi connectivity index (χ1n) is 9.53. The van der Waals surface area contributed by atoms with E-state index in [9.17, 15) is 4.79 Å². The molecule has 1 aromatic heterocycles. The number of nitrogens with zero attached hydrogens (tertiary/aromatic N) is 1. The first-order chi connectivity index (χ1) is 13.2. The number of carbonyl (C=O) groups excluding carboxylic acids is 1. The van der Waals surface area contributed by atoms with E-state index in [0.717, 1.165) is 46.2 Å². The summed E-state index contributed by atoms with van der Waals surface area (Å²) in [5.74, 6) is 0.712. The van der Waals surface area contributed by atoms with Crippen molar-refractivity contribution in [3.63, 3.8) is 0 Å². The van der Waals surface area contributed by atoms with Crippen LogP contribution in [0.4, 0.5) is 0 Å². The van der Waals surface area contributed by atoms with Crippen molar-refractivity contribution in [2.75, 3.05) is 7.11 Å². The number of aromatic amines is 1. The smallest absolute Gasteiger partial charge is 0.305 e. The molecule has 2 aromatic carbocycles. The van der Waals surface area contributed by atoms with Crippen molar-refractivity contribution in [3.05, 3.63) is 48.2 Å². The highest BCUT2D eigenvalue weighted by Crippen LogP contribution is 2.35. The van der Waals surface area contributed by atoms with Gasteiger partial charge in [0.25, 0.3) is 0 Å². The minimum Gasteiger partial charge on any atom is -0.490 e. The van der Waals surface area contributed by atoms with Crippen LogP contribution in [0.15, 0.2) is 42.6 Å². The number of rotatable bonds is 6. The summed E-state index contributed by atoms with van der Waals surface area (Å²) in [7, 11) is 1.42. The predicted octanol–water partition coefficient (Wildman–Crippen LogP) is 4.66. The van der Waals surface area contributed by atoms with Crippen molar-refractivity contribution in [1.82, 2.24) is 10.2 Å². The van der Waals surface area contributed by atoms with Crippen molar-refractivity contribution in [1.29, 1.82) is 0 Å². The predicted molar refractivity (Wildman–Crippen MR) is 105 cm³/mol. The summed E-state index contributed by atoms with van der Waals surface area (Å²) >= 11 is 0. The minimum absolute atomic E-state index is 0.193. The van der Waals surface area contributed by atoms with Crippen LogP contribution < -0.4 is 4.74 Å². The van der Waals surface area contributed by atoms with E-state index in [1.807, 2.05) is 18.3 Å². The maximum atomic E-state index is 11.5. The first kappa shape index (κ1) is 17.6. The molecule has 0 aliphatic heterocycles. The number of carbonyl (C=O) groups is 1. The number of hydrogen-bond donors (Lipinski definition) is 1. The lowest BCUT2D eigenvalue weighted by atomic mass is 9.99. The maximum Gasteiger partial charge on any atom is 0.305 e. The number of nitrogens with one attached hydrogen (secondary N) is 1. The van der Waals surface area contributed by atoms with Crippen molar-refractivity contribution in [3.8, 4) is 16.9 Å². The Kier molecular flexibility index (Phi) is 5.10. The summed E-state index contributed by atoms with van der Waals surface area (Å²) in [6, 6.07) is 12.5. The van der Waals surface area contributed by atoms with Gasteiger partial charge in [0, 0.05) is 17.4 Å². The average molecular weight is 364 g/mol. The van der Waals surface area contributed by atoms with Crippen LogP contribution in [-0.4, -0.2) is 29.4 Å². The fourth-order valence-electron chi connectivity index (χ4n) is 3.70. The summed E-state index contributed by atoms with van der Waals surface area (Å²) < 4.78 is 11.1. The molecule has 0 unspecified atom stereocenters. The quantitative estimate of drug-likeness (QED) is 0.646. The van der Waals surface area contributed by atoms with Gasteiger partial charge in [-0.15, -0.1) is 0 Å². The molecule has 5 heteroatoms. The Bertz CT molecular complexity index is 942. The Balaban J connectivity index is 1.68. The molecule has 1 heterocycles. The van der Waals surface area contributed by atoms with E-state index in [4.69, 9.17) is 9.47 Å². The summed E-state index contributed by atoms with van der Waals surface area (Å²) in [5.41, 5.74) is 4.23. The van der Waals surface area contributed by atoms with Gasteiger partial charge in [0.05, 0.1) is 24.9 Å². The molecule has 5 nitrogen and oxygen atoms in total. The molecule has 1 aliphatic rings. The molecule has 1 fully saturated rings. The minimum atomic E-state index is -0.193. The summed E-state index contributed by atoms with van der Waals surface area (Å²) in [6.45, 7) is 0. The molecule has 1 saturated carbocycles. The lowest BCUT2D eigenvalue weighted by Gasteiger charge is -2.18. The fraction of sp³-hybridized carbons (Fsp3) is 0.364. The zero-order valence-corrected chi connectivity index (χ0v) is 15.5. The molecule has 140 valence electrons. The summed E-state index contributed by atoms with van der Waals surface area (Å²) in [4.78, 5) is 11.5. The van der Waals surface area contributed by atoms with Gasteiger partial charge in [-0.2, -0.15) is 5.10 Å². The van der Waals surface area contributed by atoms with Gasteiger partial charge in [-0.3, -0.25) is 9.89 Å². The standard InChI is InChI=1S/C22H24N2O3/c1-26-22(25)11-7-15-6-10-21(27-18-4-2-3-5-18)19(12-15)16-8-9-17-14-23-24-20(17)13-16/h6,8-10,12-14,18H,2-5,7,11H2,1H3,(H,23,24). The van der Waals surface area contributed by atoms with Crippen LogP contribution in [0.2, 0.25) is 0 Å². The number of hydrogen-bond acceptors (Lipinski definition) is 4. The van der Waals surface area contributed by atoms with Crippen LogP contribution in [0.25, 0.3) is 22.0 Å². The number of fused-ring (bicyclic) bond motifs is 1. The maximum absolute atomic E-state index is 11.5. The number of aromatic nitrogens is 2. The van der Waals surface area contributed by atoms with Gasteiger partial charge in [-0.25, -0.2) is 0 Å². The summed E-state index contributed by atoms with van der Waals surface area (Å²) in [6.07, 6.45) is 7.83. The number of esters is 1. The van der Waals surface area contributed by atoms with Crippen molar-refractivity contribution >= 4 is 16.9 Å². The zero-order chi connectivity index (χ0) is 18.6. The molecule has 27 heavy (non-hydrogen) atoms. The van der Waals surface area contributed by atoms with Crippen molar-refractivity contribution < 1.29 is 14.3 Å². The van der Waals surface area contributed by atoms with Crippen LogP contribution in [0, 0.1) is 0 Å². The van der Waals surface area contributed by atoms with Gasteiger partial charge in [0.2, 0.25) is 0 Å². The molecule has 0 spiro atoms. The molecule has 0 radical (unpaired) electrons. The van der Waals surface area contributed by atoms with Crippen LogP contribution in [0.1, 0.15) is 37.7 Å². The van der Waals surface area contributed by atoms with E-state index in [-0.39, 0.29) is 5.97 Å². The lowest BCUT2D eigenvalue weighted by Crippen LogP contribution is -2.11. The Morgan fingerprint density at radius 1 is 1.19 bits per heavy atom. The number of H-pyrrole nitrogens is 1. The van der Waals surface area contributed by atoms with Gasteiger partial charge >= 0.3 is 5.97 Å². The lowest BCUT2D eigenvalue weighted by molar-refractivity contribution is -0.140. The molecule has 0 bridgehead atoms. The van der Waals surface area contributed by atoms with E-state index >= 15 is 0 Å². The van der Waals surface area contributed by atoms with Gasteiger partial charge < -0.3 is 9.47 Å². The largest absolute Gasteiger partial charge is 0.490 e. The van der Waals surface area contributed by atoms with Crippen molar-refractivity contribution in [2.45, 2.75) is 44.6 Å². The van der Waals surface area contributed by atoms with E-state index in [0.29, 0.717) is 18.9 Å². The van der Waals surface area contributed by atoms with E-state index in [2.05, 4.69) is 34.5 Å². The Labute approximate surface area is 158 Å². The molecule has 4 rings (SSSR count). The third-order valence-corrected chi connectivity index (χ3v) is 5.24. The fourth-order valence-corrected chi connectivity index (χ4v) is 3.70. The highest BCUT2D eigenvalue weighted by Gasteiger charge is 2.19. The van der Waals surface area contributed by atoms with Gasteiger partial charge in [-0.05, 0) is 61.4 Å². The molecule has 0 amide bonds. The Hall–Kier alpha value is -2.82. The normalized spacial score (nSPS) is 14.6. The van der Waals surface area contributed by atoms with Crippen LogP contribution in [0.3, 0.4) is 0 Å². The molecule has 1 aliphatic carbocycles. The molecular formula is C22H24N2O3. The van der Waals surface area contributed by atoms with Crippen LogP contribution >= 0.6 is 0 Å². The second-order valence-corrected chi connectivity index (χ2v) is 7.10. The topological polar surface area (TPSA) is 64.2 Å². The molecular weight excluding hydrogens is 340 g/mol. The van der Waals surface area contributed by atoms with E-state index < -0.39 is 0 Å². The number of methoxy groups -OCH3 is 1. The highest BCUT2D eigenvalue weighted by molar-refractivity contribution is 5.85. The molecule has 0 atom stereocenters. The first-order valence-corrected chi connectivity index (χ1v) is 9.53. The Morgan fingerprint density at radius 3 is 2.85 bits per heavy atom. The van der Waals surface area contributed by atoms with Crippen LogP contribution in [0.5, 0.6) is 5.75 Å². The highest BCUT2D eigenvalue weighted by atomic mass is 16.5. The summed E-state index contributed by atoms with van der Waals surface area (Å²) in [5, 5.41) is 8.22. The van der Waals surface area contributed by atoms with E-state index in [1.165, 1.54) is 20.0 Å².